The SMILES string of the molecule is COc1ccccc1C1(CNC(=O)c2ccccc2SCc2cscn2)CCCC1. The quantitative estimate of drug-likeness (QED) is 0.459. The molecule has 0 saturated heterocycles. The molecule has 30 heavy (non-hydrogen) atoms. The molecule has 0 unspecified atom stereocenters. The molecule has 0 bridgehead atoms. The van der Waals surface area contributed by atoms with Gasteiger partial charge in [-0.1, -0.05) is 43.2 Å². The summed E-state index contributed by atoms with van der Waals surface area (Å²) in [6, 6.07) is 16.0. The summed E-state index contributed by atoms with van der Waals surface area (Å²) in [5.74, 6) is 1.66. The lowest BCUT2D eigenvalue weighted by Gasteiger charge is -2.31. The van der Waals surface area contributed by atoms with Crippen molar-refractivity contribution in [3.63, 3.8) is 0 Å². The van der Waals surface area contributed by atoms with E-state index in [9.17, 15) is 4.79 Å². The predicted molar refractivity (Wildman–Crippen MR) is 124 cm³/mol. The first-order chi connectivity index (χ1) is 14.7. The van der Waals surface area contributed by atoms with Crippen molar-refractivity contribution in [2.24, 2.45) is 0 Å². The number of ether oxygens (including phenoxy) is 1. The molecule has 4 rings (SSSR count). The molecule has 1 saturated carbocycles. The highest BCUT2D eigenvalue weighted by Gasteiger charge is 2.38. The smallest absolute Gasteiger partial charge is 0.252 e. The van der Waals surface area contributed by atoms with Gasteiger partial charge in [-0.3, -0.25) is 4.79 Å². The van der Waals surface area contributed by atoms with E-state index >= 15 is 0 Å². The minimum Gasteiger partial charge on any atom is -0.496 e. The topological polar surface area (TPSA) is 51.2 Å². The number of hydrogen-bond acceptors (Lipinski definition) is 5. The highest BCUT2D eigenvalue weighted by Crippen LogP contribution is 2.44. The van der Waals surface area contributed by atoms with Crippen molar-refractivity contribution >= 4 is 29.0 Å². The Labute approximate surface area is 186 Å². The third-order valence-electron chi connectivity index (χ3n) is 5.82. The van der Waals surface area contributed by atoms with E-state index in [0.29, 0.717) is 6.54 Å². The Hall–Kier alpha value is -2.31. The van der Waals surface area contributed by atoms with Gasteiger partial charge >= 0.3 is 0 Å². The molecule has 156 valence electrons. The summed E-state index contributed by atoms with van der Waals surface area (Å²) in [7, 11) is 1.72. The van der Waals surface area contributed by atoms with Gasteiger partial charge in [0.15, 0.2) is 0 Å². The summed E-state index contributed by atoms with van der Waals surface area (Å²) in [6.45, 7) is 0.622. The summed E-state index contributed by atoms with van der Waals surface area (Å²) in [5, 5.41) is 5.29. The van der Waals surface area contributed by atoms with E-state index in [4.69, 9.17) is 4.74 Å². The van der Waals surface area contributed by atoms with Crippen LogP contribution in [0.5, 0.6) is 5.75 Å². The van der Waals surface area contributed by atoms with Gasteiger partial charge in [0.25, 0.3) is 5.91 Å². The molecule has 0 radical (unpaired) electrons. The first-order valence-corrected chi connectivity index (χ1v) is 12.2. The van der Waals surface area contributed by atoms with Gasteiger partial charge in [-0.2, -0.15) is 0 Å². The summed E-state index contributed by atoms with van der Waals surface area (Å²) >= 11 is 3.25. The minimum atomic E-state index is -0.0645. The number of nitrogens with zero attached hydrogens (tertiary/aromatic N) is 1. The molecule has 1 N–H and O–H groups in total. The fraction of sp³-hybridized carbons (Fsp3) is 0.333. The van der Waals surface area contributed by atoms with Gasteiger partial charge < -0.3 is 10.1 Å². The van der Waals surface area contributed by atoms with E-state index in [2.05, 4.69) is 22.4 Å². The highest BCUT2D eigenvalue weighted by atomic mass is 32.2. The van der Waals surface area contributed by atoms with Gasteiger partial charge in [-0.05, 0) is 31.0 Å². The van der Waals surface area contributed by atoms with Crippen LogP contribution in [0.15, 0.2) is 64.3 Å². The Morgan fingerprint density at radius 2 is 1.93 bits per heavy atom. The number of hydrogen-bond donors (Lipinski definition) is 1. The average Bonchev–Trinajstić information content (AvgIpc) is 3.49. The molecule has 0 spiro atoms. The molecule has 0 aliphatic heterocycles. The molecular formula is C24H26N2O2S2. The summed E-state index contributed by atoms with van der Waals surface area (Å²) in [4.78, 5) is 18.5. The van der Waals surface area contributed by atoms with Gasteiger partial charge in [0, 0.05) is 33.6 Å². The maximum absolute atomic E-state index is 13.1. The van der Waals surface area contributed by atoms with Crippen LogP contribution in [0.4, 0.5) is 0 Å². The zero-order chi connectivity index (χ0) is 20.8. The predicted octanol–water partition coefficient (Wildman–Crippen LogP) is 5.69. The Kier molecular flexibility index (Phi) is 6.75. The van der Waals surface area contributed by atoms with E-state index in [1.54, 1.807) is 30.2 Å². The monoisotopic (exact) mass is 438 g/mol. The third-order valence-corrected chi connectivity index (χ3v) is 7.56. The number of carbonyl (C=O) groups is 1. The highest BCUT2D eigenvalue weighted by molar-refractivity contribution is 7.98. The van der Waals surface area contributed by atoms with Crippen molar-refractivity contribution in [2.75, 3.05) is 13.7 Å². The van der Waals surface area contributed by atoms with Crippen molar-refractivity contribution in [1.82, 2.24) is 10.3 Å². The maximum atomic E-state index is 13.1. The van der Waals surface area contributed by atoms with E-state index < -0.39 is 0 Å². The molecule has 1 fully saturated rings. The number of para-hydroxylation sites is 1. The summed E-state index contributed by atoms with van der Waals surface area (Å²) < 4.78 is 5.64. The number of thiazole rings is 1. The Morgan fingerprint density at radius 3 is 2.70 bits per heavy atom. The van der Waals surface area contributed by atoms with Crippen LogP contribution in [0.1, 0.15) is 47.3 Å². The van der Waals surface area contributed by atoms with E-state index in [0.717, 1.165) is 40.5 Å². The van der Waals surface area contributed by atoms with Crippen molar-refractivity contribution in [2.45, 2.75) is 41.7 Å². The minimum absolute atomic E-state index is 0.0162. The molecule has 6 heteroatoms. The van der Waals surface area contributed by atoms with Crippen molar-refractivity contribution in [3.05, 3.63) is 76.2 Å². The van der Waals surface area contributed by atoms with Crippen LogP contribution in [0.25, 0.3) is 0 Å². The summed E-state index contributed by atoms with van der Waals surface area (Å²) in [6.07, 6.45) is 4.48. The third kappa shape index (κ3) is 4.55. The second-order valence-corrected chi connectivity index (χ2v) is 9.37. The molecule has 1 aliphatic rings. The van der Waals surface area contributed by atoms with Crippen LogP contribution in [0.3, 0.4) is 0 Å². The number of rotatable bonds is 8. The molecule has 4 nitrogen and oxygen atoms in total. The van der Waals surface area contributed by atoms with Crippen LogP contribution >= 0.6 is 23.1 Å². The molecular weight excluding hydrogens is 412 g/mol. The lowest BCUT2D eigenvalue weighted by Crippen LogP contribution is -2.39. The number of carbonyl (C=O) groups excluding carboxylic acids is 1. The standard InChI is InChI=1S/C24H26N2O2S2/c1-28-21-10-4-3-9-20(21)24(12-6-7-13-24)16-25-23(27)19-8-2-5-11-22(19)30-15-18-14-29-17-26-18/h2-5,8-11,14,17H,6-7,12-13,15-16H2,1H3,(H,25,27). The lowest BCUT2D eigenvalue weighted by molar-refractivity contribution is 0.0940. The zero-order valence-electron chi connectivity index (χ0n) is 17.1. The van der Waals surface area contributed by atoms with Gasteiger partial charge in [0.1, 0.15) is 5.75 Å². The lowest BCUT2D eigenvalue weighted by atomic mass is 9.78. The molecule has 1 heterocycles. The fourth-order valence-corrected chi connectivity index (χ4v) is 5.88. The molecule has 3 aromatic rings. The van der Waals surface area contributed by atoms with E-state index in [-0.39, 0.29) is 11.3 Å². The first-order valence-electron chi connectivity index (χ1n) is 10.2. The van der Waals surface area contributed by atoms with Crippen LogP contribution in [0, 0.1) is 0 Å². The van der Waals surface area contributed by atoms with Crippen LogP contribution in [0.2, 0.25) is 0 Å². The van der Waals surface area contributed by atoms with Crippen LogP contribution in [-0.2, 0) is 11.2 Å². The van der Waals surface area contributed by atoms with E-state index in [1.807, 2.05) is 47.3 Å². The van der Waals surface area contributed by atoms with Gasteiger partial charge in [0.2, 0.25) is 0 Å². The molecule has 0 atom stereocenters. The van der Waals surface area contributed by atoms with Crippen LogP contribution < -0.4 is 10.1 Å². The number of methoxy groups -OCH3 is 1. The van der Waals surface area contributed by atoms with Crippen molar-refractivity contribution < 1.29 is 9.53 Å². The molecule has 2 aromatic carbocycles. The van der Waals surface area contributed by atoms with Crippen LogP contribution in [-0.4, -0.2) is 24.5 Å². The maximum Gasteiger partial charge on any atom is 0.252 e. The van der Waals surface area contributed by atoms with Gasteiger partial charge in [-0.15, -0.1) is 23.1 Å². The Bertz CT molecular complexity index is 982. The Morgan fingerprint density at radius 1 is 1.17 bits per heavy atom. The number of aromatic nitrogens is 1. The zero-order valence-corrected chi connectivity index (χ0v) is 18.7. The number of benzene rings is 2. The van der Waals surface area contributed by atoms with Gasteiger partial charge in [0.05, 0.1) is 23.9 Å². The largest absolute Gasteiger partial charge is 0.496 e. The molecule has 1 amide bonds. The number of nitrogens with one attached hydrogen (secondary N) is 1. The fourth-order valence-electron chi connectivity index (χ4n) is 4.26. The van der Waals surface area contributed by atoms with Crippen molar-refractivity contribution in [3.8, 4) is 5.75 Å². The van der Waals surface area contributed by atoms with Crippen molar-refractivity contribution in [1.29, 1.82) is 0 Å². The second kappa shape index (κ2) is 9.67. The molecule has 1 aliphatic carbocycles. The second-order valence-electron chi connectivity index (χ2n) is 7.64. The normalized spacial score (nSPS) is 15.1. The van der Waals surface area contributed by atoms with E-state index in [1.165, 1.54) is 18.4 Å². The first kappa shape index (κ1) is 20.9. The summed E-state index contributed by atoms with van der Waals surface area (Å²) in [5.41, 5.74) is 4.75. The molecule has 1 aromatic heterocycles. The average molecular weight is 439 g/mol. The van der Waals surface area contributed by atoms with Gasteiger partial charge in [-0.25, -0.2) is 4.98 Å². The Balaban J connectivity index is 1.50. The number of thioether (sulfide) groups is 1. The number of amides is 1.